The number of benzene rings is 2. The van der Waals surface area contributed by atoms with Crippen LogP contribution in [0.5, 0.6) is 0 Å². The first-order valence-corrected chi connectivity index (χ1v) is 9.87. The molecule has 25 heavy (non-hydrogen) atoms. The van der Waals surface area contributed by atoms with Gasteiger partial charge in [0, 0.05) is 5.02 Å². The van der Waals surface area contributed by atoms with Gasteiger partial charge < -0.3 is 0 Å². The SMILES string of the molecule is Cc1cccc(C)c1C(=O)[P+](=O)C(C)C(=O)c1c(Cl)cc(Cl)cc1Cl. The molecule has 130 valence electrons. The maximum atomic E-state index is 12.7. The molecule has 0 radical (unpaired) electrons. The summed E-state index contributed by atoms with van der Waals surface area (Å²) in [7, 11) is -2.50. The largest absolute Gasteiger partial charge is 0.431 e. The molecule has 7 heteroatoms. The number of halogens is 3. The summed E-state index contributed by atoms with van der Waals surface area (Å²) in [6.45, 7) is 4.97. The molecule has 0 N–H and O–H groups in total. The number of hydrogen-bond acceptors (Lipinski definition) is 3. The number of rotatable bonds is 5. The zero-order chi connectivity index (χ0) is 18.9. The van der Waals surface area contributed by atoms with E-state index in [0.717, 1.165) is 11.1 Å². The monoisotopic (exact) mass is 415 g/mol. The van der Waals surface area contributed by atoms with Crippen molar-refractivity contribution in [1.29, 1.82) is 0 Å². The molecule has 0 aliphatic rings. The first-order chi connectivity index (χ1) is 11.6. The second kappa shape index (κ2) is 7.97. The van der Waals surface area contributed by atoms with E-state index in [1.165, 1.54) is 19.1 Å². The average Bonchev–Trinajstić information content (AvgIpc) is 2.52. The van der Waals surface area contributed by atoms with Gasteiger partial charge in [-0.05, 0) is 44.0 Å². The van der Waals surface area contributed by atoms with E-state index < -0.39 is 24.8 Å². The highest BCUT2D eigenvalue weighted by Gasteiger charge is 2.43. The molecule has 2 unspecified atom stereocenters. The van der Waals surface area contributed by atoms with Gasteiger partial charge in [0.25, 0.3) is 0 Å². The molecule has 3 nitrogen and oxygen atoms in total. The van der Waals surface area contributed by atoms with E-state index in [9.17, 15) is 14.2 Å². The minimum atomic E-state index is -2.50. The summed E-state index contributed by atoms with van der Waals surface area (Å²) in [5.41, 5.74) is 0.242. The molecule has 0 amide bonds. The molecule has 0 fully saturated rings. The molecule has 0 saturated carbocycles. The quantitative estimate of drug-likeness (QED) is 0.413. The maximum absolute atomic E-state index is 12.7. The lowest BCUT2D eigenvalue weighted by Gasteiger charge is -2.08. The van der Waals surface area contributed by atoms with Gasteiger partial charge in [-0.1, -0.05) is 57.6 Å². The fourth-order valence-corrected chi connectivity index (χ4v) is 4.80. The zero-order valence-corrected chi connectivity index (χ0v) is 16.9. The molecule has 0 saturated heterocycles. The van der Waals surface area contributed by atoms with Gasteiger partial charge in [0.15, 0.2) is 0 Å². The van der Waals surface area contributed by atoms with E-state index in [1.807, 2.05) is 6.07 Å². The van der Waals surface area contributed by atoms with Crippen LogP contribution in [0.3, 0.4) is 0 Å². The van der Waals surface area contributed by atoms with Crippen molar-refractivity contribution < 1.29 is 14.2 Å². The minimum Gasteiger partial charge on any atom is -0.289 e. The van der Waals surface area contributed by atoms with Gasteiger partial charge in [-0.15, -0.1) is 0 Å². The second-order valence-corrected chi connectivity index (χ2v) is 8.77. The van der Waals surface area contributed by atoms with Gasteiger partial charge in [-0.2, -0.15) is 0 Å². The molecular formula is C18H15Cl3O3P+. The number of carbonyl (C=O) groups is 2. The Morgan fingerprint density at radius 1 is 0.960 bits per heavy atom. The van der Waals surface area contributed by atoms with Gasteiger partial charge in [0.2, 0.25) is 11.4 Å². The fourth-order valence-electron chi connectivity index (χ4n) is 2.53. The zero-order valence-electron chi connectivity index (χ0n) is 13.8. The normalized spacial score (nSPS) is 12.6. The number of hydrogen-bond donors (Lipinski definition) is 0. The summed E-state index contributed by atoms with van der Waals surface area (Å²) >= 11 is 18.0. The molecule has 0 spiro atoms. The van der Waals surface area contributed by atoms with Crippen LogP contribution in [0.15, 0.2) is 30.3 Å². The Morgan fingerprint density at radius 3 is 1.92 bits per heavy atom. The standard InChI is InChI=1S/C18H15Cl3O3P/c1-9-5-4-6-10(2)15(9)18(23)25(24)11(3)17(22)16-13(20)7-12(19)8-14(16)21/h4-8,11H,1-3H3/q+1. The van der Waals surface area contributed by atoms with Crippen LogP contribution in [0.4, 0.5) is 0 Å². The summed E-state index contributed by atoms with van der Waals surface area (Å²) in [5, 5.41) is 0.421. The van der Waals surface area contributed by atoms with Crippen molar-refractivity contribution in [2.45, 2.75) is 26.4 Å². The van der Waals surface area contributed by atoms with Crippen LogP contribution >= 0.6 is 42.6 Å². The van der Waals surface area contributed by atoms with Crippen LogP contribution in [0.1, 0.15) is 38.8 Å². The highest BCUT2D eigenvalue weighted by molar-refractivity contribution is 7.66. The van der Waals surface area contributed by atoms with Gasteiger partial charge in [-0.25, -0.2) is 4.79 Å². The van der Waals surface area contributed by atoms with Crippen LogP contribution in [0, 0.1) is 13.8 Å². The molecule has 2 rings (SSSR count). The topological polar surface area (TPSA) is 51.2 Å². The highest BCUT2D eigenvalue weighted by Crippen LogP contribution is 2.39. The smallest absolute Gasteiger partial charge is 0.289 e. The first-order valence-electron chi connectivity index (χ1n) is 7.40. The summed E-state index contributed by atoms with van der Waals surface area (Å²) < 4.78 is 12.7. The fraction of sp³-hybridized carbons (Fsp3) is 0.222. The Hall–Kier alpha value is -1.25. The third-order valence-corrected chi connectivity index (χ3v) is 6.26. The predicted molar refractivity (Wildman–Crippen MR) is 103 cm³/mol. The van der Waals surface area contributed by atoms with Gasteiger partial charge >= 0.3 is 13.3 Å². The summed E-state index contributed by atoms with van der Waals surface area (Å²) in [4.78, 5) is 25.4. The summed E-state index contributed by atoms with van der Waals surface area (Å²) in [6.07, 6.45) is 0. The Labute approximate surface area is 162 Å². The maximum Gasteiger partial charge on any atom is 0.431 e. The van der Waals surface area contributed by atoms with Crippen LogP contribution in [-0.4, -0.2) is 17.0 Å². The van der Waals surface area contributed by atoms with Crippen molar-refractivity contribution in [3.63, 3.8) is 0 Å². The average molecular weight is 417 g/mol. The van der Waals surface area contributed by atoms with Gasteiger partial charge in [0.05, 0.1) is 21.2 Å². The van der Waals surface area contributed by atoms with Crippen molar-refractivity contribution >= 4 is 53.9 Å². The molecule has 0 aliphatic heterocycles. The van der Waals surface area contributed by atoms with Crippen LogP contribution in [0.25, 0.3) is 0 Å². The van der Waals surface area contributed by atoms with Crippen LogP contribution in [-0.2, 0) is 4.57 Å². The number of aryl methyl sites for hydroxylation is 2. The van der Waals surface area contributed by atoms with E-state index in [4.69, 9.17) is 34.8 Å². The summed E-state index contributed by atoms with van der Waals surface area (Å²) in [5.74, 6) is -0.549. The lowest BCUT2D eigenvalue weighted by Crippen LogP contribution is -2.18. The lowest BCUT2D eigenvalue weighted by atomic mass is 10.0. The van der Waals surface area contributed by atoms with E-state index in [1.54, 1.807) is 26.0 Å². The molecule has 2 atom stereocenters. The molecule has 0 heterocycles. The molecule has 2 aromatic carbocycles. The lowest BCUT2D eigenvalue weighted by molar-refractivity contribution is 0.0982. The highest BCUT2D eigenvalue weighted by atomic mass is 35.5. The van der Waals surface area contributed by atoms with Crippen molar-refractivity contribution in [2.75, 3.05) is 0 Å². The molecule has 2 aromatic rings. The van der Waals surface area contributed by atoms with Crippen molar-refractivity contribution in [2.24, 2.45) is 0 Å². The van der Waals surface area contributed by atoms with E-state index in [2.05, 4.69) is 0 Å². The number of Topliss-reactive ketones (excluding diaryl/α,β-unsaturated/α-hetero) is 1. The molecule has 0 aliphatic carbocycles. The number of ketones is 1. The Balaban J connectivity index is 2.37. The van der Waals surface area contributed by atoms with E-state index >= 15 is 0 Å². The Bertz CT molecular complexity index is 850. The van der Waals surface area contributed by atoms with Crippen LogP contribution in [0.2, 0.25) is 15.1 Å². The second-order valence-electron chi connectivity index (χ2n) is 5.68. The third kappa shape index (κ3) is 4.12. The molecular weight excluding hydrogens is 402 g/mol. The van der Waals surface area contributed by atoms with Crippen LogP contribution < -0.4 is 0 Å². The van der Waals surface area contributed by atoms with Crippen molar-refractivity contribution in [1.82, 2.24) is 0 Å². The Kier molecular flexibility index (Phi) is 6.40. The van der Waals surface area contributed by atoms with E-state index in [-0.39, 0.29) is 20.6 Å². The number of carbonyl (C=O) groups excluding carboxylic acids is 2. The Morgan fingerprint density at radius 2 is 1.44 bits per heavy atom. The summed E-state index contributed by atoms with van der Waals surface area (Å²) in [6, 6.07) is 8.12. The van der Waals surface area contributed by atoms with Crippen molar-refractivity contribution in [3.8, 4) is 0 Å². The van der Waals surface area contributed by atoms with Crippen molar-refractivity contribution in [3.05, 3.63) is 67.7 Å². The molecule has 0 aromatic heterocycles. The first kappa shape index (κ1) is 20.1. The minimum absolute atomic E-state index is 0.0258. The third-order valence-electron chi connectivity index (χ3n) is 3.88. The van der Waals surface area contributed by atoms with Gasteiger partial charge in [-0.3, -0.25) is 4.79 Å². The van der Waals surface area contributed by atoms with E-state index in [0.29, 0.717) is 5.56 Å². The molecule has 0 bridgehead atoms. The predicted octanol–water partition coefficient (Wildman–Crippen LogP) is 6.50. The van der Waals surface area contributed by atoms with Gasteiger partial charge in [0.1, 0.15) is 0 Å².